The van der Waals surface area contributed by atoms with Crippen molar-refractivity contribution in [2.75, 3.05) is 46.1 Å². The molecule has 2 aromatic rings. The molecule has 0 bridgehead atoms. The van der Waals surface area contributed by atoms with Gasteiger partial charge >= 0.3 is 0 Å². The van der Waals surface area contributed by atoms with Gasteiger partial charge in [-0.25, -0.2) is 0 Å². The maximum Gasteiger partial charge on any atom is 0.189 e. The topological polar surface area (TPSA) is 74.0 Å². The number of rotatable bonds is 8. The Balaban J connectivity index is 2.58. The minimum Gasteiger partial charge on any atom is -0.497 e. The molecule has 0 aliphatic heterocycles. The highest BCUT2D eigenvalue weighted by Crippen LogP contribution is 2.38. The summed E-state index contributed by atoms with van der Waals surface area (Å²) in [6.45, 7) is 3.95. The second-order valence-corrected chi connectivity index (χ2v) is 7.20. The van der Waals surface area contributed by atoms with E-state index in [0.29, 0.717) is 39.6 Å². The molecule has 29 heavy (non-hydrogen) atoms. The van der Waals surface area contributed by atoms with Crippen LogP contribution in [0.3, 0.4) is 0 Å². The van der Waals surface area contributed by atoms with E-state index in [-0.39, 0.29) is 11.7 Å². The first-order chi connectivity index (χ1) is 13.7. The Kier molecular flexibility index (Phi) is 7.15. The first kappa shape index (κ1) is 22.1. The summed E-state index contributed by atoms with van der Waals surface area (Å²) in [7, 11) is 8.54. The Bertz CT molecular complexity index is 917. The van der Waals surface area contributed by atoms with Gasteiger partial charge < -0.3 is 24.8 Å². The summed E-state index contributed by atoms with van der Waals surface area (Å²) in [6, 6.07) is 8.94. The summed E-state index contributed by atoms with van der Waals surface area (Å²) in [4.78, 5) is 15.2. The molecular formula is C23H30N2O4. The van der Waals surface area contributed by atoms with E-state index in [1.807, 2.05) is 51.1 Å². The SMILES string of the molecule is COc1cc(/C=C(/C(=O)c2ccc(N(C)C)c(N)c2)C(C)C)c(OC)c(OC)c1. The van der Waals surface area contributed by atoms with Gasteiger partial charge in [-0.1, -0.05) is 13.8 Å². The molecular weight excluding hydrogens is 368 g/mol. The zero-order valence-electron chi connectivity index (χ0n) is 18.2. The van der Waals surface area contributed by atoms with Gasteiger partial charge in [-0.3, -0.25) is 4.79 Å². The molecule has 2 N–H and O–H groups in total. The number of allylic oxidation sites excluding steroid dienone is 1. The van der Waals surface area contributed by atoms with Crippen LogP contribution in [-0.2, 0) is 0 Å². The first-order valence-electron chi connectivity index (χ1n) is 9.36. The summed E-state index contributed by atoms with van der Waals surface area (Å²) in [5, 5.41) is 0. The van der Waals surface area contributed by atoms with Crippen LogP contribution in [0.5, 0.6) is 17.2 Å². The van der Waals surface area contributed by atoms with Gasteiger partial charge in [0.2, 0.25) is 0 Å². The van der Waals surface area contributed by atoms with Crippen LogP contribution >= 0.6 is 0 Å². The highest BCUT2D eigenvalue weighted by molar-refractivity contribution is 6.12. The molecule has 0 radical (unpaired) electrons. The molecule has 0 atom stereocenters. The van der Waals surface area contributed by atoms with Crippen molar-refractivity contribution in [1.82, 2.24) is 0 Å². The average molecular weight is 399 g/mol. The lowest BCUT2D eigenvalue weighted by Gasteiger charge is -2.18. The number of nitrogens with two attached hydrogens (primary N) is 1. The monoisotopic (exact) mass is 398 g/mol. The Labute approximate surface area is 172 Å². The molecule has 2 rings (SSSR count). The van der Waals surface area contributed by atoms with Gasteiger partial charge in [-0.2, -0.15) is 0 Å². The summed E-state index contributed by atoms with van der Waals surface area (Å²) >= 11 is 0. The molecule has 6 heteroatoms. The fourth-order valence-electron chi connectivity index (χ4n) is 3.12. The molecule has 6 nitrogen and oxygen atoms in total. The van der Waals surface area contributed by atoms with Crippen molar-refractivity contribution in [2.24, 2.45) is 5.92 Å². The molecule has 156 valence electrons. The lowest BCUT2D eigenvalue weighted by atomic mass is 9.91. The number of carbonyl (C=O) groups is 1. The number of Topliss-reactive ketones (excluding diaryl/α,β-unsaturated/α-hetero) is 1. The van der Waals surface area contributed by atoms with Gasteiger partial charge in [-0.05, 0) is 36.3 Å². The van der Waals surface area contributed by atoms with Crippen molar-refractivity contribution in [2.45, 2.75) is 13.8 Å². The van der Waals surface area contributed by atoms with E-state index in [1.54, 1.807) is 39.5 Å². The highest BCUT2D eigenvalue weighted by atomic mass is 16.5. The van der Waals surface area contributed by atoms with Crippen LogP contribution in [0.4, 0.5) is 11.4 Å². The number of hydrogen-bond acceptors (Lipinski definition) is 6. The molecule has 0 saturated carbocycles. The average Bonchev–Trinajstić information content (AvgIpc) is 2.69. The summed E-state index contributed by atoms with van der Waals surface area (Å²) in [6.07, 6.45) is 1.83. The second kappa shape index (κ2) is 9.37. The van der Waals surface area contributed by atoms with Crippen LogP contribution < -0.4 is 24.8 Å². The number of ether oxygens (including phenoxy) is 3. The van der Waals surface area contributed by atoms with Gasteiger partial charge in [0.05, 0.1) is 32.7 Å². The minimum atomic E-state index is -0.0826. The van der Waals surface area contributed by atoms with Crippen LogP contribution in [0.15, 0.2) is 35.9 Å². The largest absolute Gasteiger partial charge is 0.497 e. The highest BCUT2D eigenvalue weighted by Gasteiger charge is 2.20. The van der Waals surface area contributed by atoms with Gasteiger partial charge in [0.25, 0.3) is 0 Å². The van der Waals surface area contributed by atoms with Crippen LogP contribution in [0.1, 0.15) is 29.8 Å². The van der Waals surface area contributed by atoms with Crippen molar-refractivity contribution >= 4 is 23.2 Å². The van der Waals surface area contributed by atoms with E-state index >= 15 is 0 Å². The van der Waals surface area contributed by atoms with Gasteiger partial charge in [0, 0.05) is 36.9 Å². The predicted molar refractivity (Wildman–Crippen MR) is 118 cm³/mol. The number of nitrogen functional groups attached to an aromatic ring is 1. The van der Waals surface area contributed by atoms with Crippen LogP contribution in [-0.4, -0.2) is 41.2 Å². The molecule has 0 aromatic heterocycles. The smallest absolute Gasteiger partial charge is 0.189 e. The van der Waals surface area contributed by atoms with Crippen molar-refractivity contribution in [3.05, 3.63) is 47.0 Å². The Morgan fingerprint density at radius 3 is 2.21 bits per heavy atom. The molecule has 0 heterocycles. The lowest BCUT2D eigenvalue weighted by Crippen LogP contribution is -2.13. The van der Waals surface area contributed by atoms with Gasteiger partial charge in [0.1, 0.15) is 5.75 Å². The Morgan fingerprint density at radius 2 is 1.72 bits per heavy atom. The maximum absolute atomic E-state index is 13.3. The van der Waals surface area contributed by atoms with Crippen LogP contribution in [0.2, 0.25) is 0 Å². The number of carbonyl (C=O) groups excluding carboxylic acids is 1. The van der Waals surface area contributed by atoms with E-state index in [1.165, 1.54) is 0 Å². The number of anilines is 2. The first-order valence-corrected chi connectivity index (χ1v) is 9.36. The van der Waals surface area contributed by atoms with Crippen molar-refractivity contribution in [1.29, 1.82) is 0 Å². The zero-order valence-corrected chi connectivity index (χ0v) is 18.2. The third-order valence-electron chi connectivity index (χ3n) is 4.68. The third kappa shape index (κ3) is 4.83. The minimum absolute atomic E-state index is 0.0147. The van der Waals surface area contributed by atoms with Gasteiger partial charge in [-0.15, -0.1) is 0 Å². The van der Waals surface area contributed by atoms with Crippen LogP contribution in [0.25, 0.3) is 6.08 Å². The molecule has 0 saturated heterocycles. The van der Waals surface area contributed by atoms with E-state index in [0.717, 1.165) is 5.69 Å². The van der Waals surface area contributed by atoms with Crippen molar-refractivity contribution in [3.8, 4) is 17.2 Å². The Morgan fingerprint density at radius 1 is 1.03 bits per heavy atom. The number of benzene rings is 2. The van der Waals surface area contributed by atoms with E-state index in [4.69, 9.17) is 19.9 Å². The van der Waals surface area contributed by atoms with E-state index < -0.39 is 0 Å². The molecule has 0 unspecified atom stereocenters. The summed E-state index contributed by atoms with van der Waals surface area (Å²) < 4.78 is 16.3. The Hall–Kier alpha value is -3.15. The number of methoxy groups -OCH3 is 3. The normalized spacial score (nSPS) is 11.4. The van der Waals surface area contributed by atoms with E-state index in [9.17, 15) is 4.79 Å². The fourth-order valence-corrected chi connectivity index (χ4v) is 3.12. The number of nitrogens with zero attached hydrogens (tertiary/aromatic N) is 1. The van der Waals surface area contributed by atoms with Gasteiger partial charge in [0.15, 0.2) is 17.3 Å². The third-order valence-corrected chi connectivity index (χ3v) is 4.68. The number of hydrogen-bond donors (Lipinski definition) is 1. The fraction of sp³-hybridized carbons (Fsp3) is 0.348. The zero-order chi connectivity index (χ0) is 21.7. The predicted octanol–water partition coefficient (Wildman–Crippen LogP) is 4.28. The molecule has 0 aliphatic rings. The summed E-state index contributed by atoms with van der Waals surface area (Å²) in [5.74, 6) is 1.60. The van der Waals surface area contributed by atoms with E-state index in [2.05, 4.69) is 0 Å². The molecule has 0 spiro atoms. The second-order valence-electron chi connectivity index (χ2n) is 7.20. The molecule has 0 fully saturated rings. The molecule has 0 amide bonds. The standard InChI is InChI=1S/C23H30N2O4/c1-14(2)18(22(26)15-8-9-20(25(3)4)19(24)12-15)11-16-10-17(27-5)13-21(28-6)23(16)29-7/h8-14H,24H2,1-7H3/b18-11+. The van der Waals surface area contributed by atoms with Crippen molar-refractivity contribution < 1.29 is 19.0 Å². The quantitative estimate of drug-likeness (QED) is 0.406. The molecule has 0 aliphatic carbocycles. The molecule has 2 aromatic carbocycles. The van der Waals surface area contributed by atoms with Crippen molar-refractivity contribution in [3.63, 3.8) is 0 Å². The van der Waals surface area contributed by atoms with Crippen LogP contribution in [0, 0.1) is 5.92 Å². The summed E-state index contributed by atoms with van der Waals surface area (Å²) in [5.41, 5.74) is 9.46. The lowest BCUT2D eigenvalue weighted by molar-refractivity contribution is 0.102. The number of ketones is 1. The maximum atomic E-state index is 13.3.